The summed E-state index contributed by atoms with van der Waals surface area (Å²) >= 11 is 0. The highest BCUT2D eigenvalue weighted by Crippen LogP contribution is 2.01. The van der Waals surface area contributed by atoms with Gasteiger partial charge in [-0.15, -0.1) is 0 Å². The van der Waals surface area contributed by atoms with Crippen molar-refractivity contribution in [1.29, 1.82) is 0 Å². The smallest absolute Gasteiger partial charge is 0.264 e. The molecule has 0 fully saturated rings. The fourth-order valence-corrected chi connectivity index (χ4v) is 3.51. The molecule has 0 aromatic carbocycles. The van der Waals surface area contributed by atoms with Crippen LogP contribution in [0.1, 0.15) is 106 Å². The molecular weight excluding hydrogens is 412 g/mol. The molecule has 0 aliphatic rings. The maximum absolute atomic E-state index is 9.83. The molecule has 0 rings (SSSR count). The minimum atomic E-state index is -3.85. The number of aliphatic hydroxyl groups is 1. The van der Waals surface area contributed by atoms with Gasteiger partial charge in [0, 0.05) is 6.61 Å². The fourth-order valence-electron chi connectivity index (χ4n) is 3.01. The first-order chi connectivity index (χ1) is 14.8. The molecule has 0 aliphatic heterocycles. The summed E-state index contributed by atoms with van der Waals surface area (Å²) in [4.78, 5) is 5.18. The van der Waals surface area contributed by atoms with Gasteiger partial charge < -0.3 is 14.9 Å². The third-order valence-corrected chi connectivity index (χ3v) is 5.47. The van der Waals surface area contributed by atoms with E-state index in [1.165, 1.54) is 97.1 Å². The first kappa shape index (κ1) is 35.4. The van der Waals surface area contributed by atoms with Gasteiger partial charge >= 0.3 is 0 Å². The predicted molar refractivity (Wildman–Crippen MR) is 137 cm³/mol. The SMILES string of the molecule is CCCCN(CCCC)CCCC.CCCN(CCC)CCC.O=S(=O)(O)CCCO. The molecule has 0 bridgehead atoms. The van der Waals surface area contributed by atoms with Crippen LogP contribution in [-0.2, 0) is 10.1 Å². The van der Waals surface area contributed by atoms with E-state index in [0.29, 0.717) is 0 Å². The number of hydrogen-bond acceptors (Lipinski definition) is 5. The Balaban J connectivity index is -0.000000392. The summed E-state index contributed by atoms with van der Waals surface area (Å²) in [5, 5.41) is 8.05. The minimum absolute atomic E-state index is 0.0961. The molecule has 0 saturated heterocycles. The van der Waals surface area contributed by atoms with Gasteiger partial charge in [0.1, 0.15) is 0 Å². The van der Waals surface area contributed by atoms with Crippen LogP contribution in [0.3, 0.4) is 0 Å². The molecule has 6 nitrogen and oxygen atoms in total. The van der Waals surface area contributed by atoms with E-state index < -0.39 is 10.1 Å². The zero-order valence-electron chi connectivity index (χ0n) is 21.7. The van der Waals surface area contributed by atoms with Gasteiger partial charge in [0.15, 0.2) is 0 Å². The Hall–Kier alpha value is -0.210. The van der Waals surface area contributed by atoms with Crippen molar-refractivity contribution >= 4 is 10.1 Å². The Labute approximate surface area is 195 Å². The lowest BCUT2D eigenvalue weighted by atomic mass is 10.2. The van der Waals surface area contributed by atoms with Crippen LogP contribution >= 0.6 is 0 Å². The topological polar surface area (TPSA) is 81.1 Å². The quantitative estimate of drug-likeness (QED) is 0.260. The molecule has 0 atom stereocenters. The van der Waals surface area contributed by atoms with E-state index >= 15 is 0 Å². The van der Waals surface area contributed by atoms with Crippen LogP contribution in [0.4, 0.5) is 0 Å². The van der Waals surface area contributed by atoms with E-state index in [0.717, 1.165) is 0 Å². The maximum atomic E-state index is 9.83. The number of hydrogen-bond donors (Lipinski definition) is 2. The van der Waals surface area contributed by atoms with Crippen LogP contribution in [0.15, 0.2) is 0 Å². The van der Waals surface area contributed by atoms with Crippen LogP contribution in [0.5, 0.6) is 0 Å². The summed E-state index contributed by atoms with van der Waals surface area (Å²) in [5.41, 5.74) is 0. The molecule has 0 spiro atoms. The molecule has 31 heavy (non-hydrogen) atoms. The highest BCUT2D eigenvalue weighted by Gasteiger charge is 2.02. The van der Waals surface area contributed by atoms with E-state index in [-0.39, 0.29) is 18.8 Å². The molecule has 0 unspecified atom stereocenters. The van der Waals surface area contributed by atoms with E-state index in [1.807, 2.05) is 0 Å². The summed E-state index contributed by atoms with van der Waals surface area (Å²) in [7, 11) is -3.85. The molecule has 7 heteroatoms. The third kappa shape index (κ3) is 34.6. The molecule has 0 aromatic heterocycles. The minimum Gasteiger partial charge on any atom is -0.396 e. The van der Waals surface area contributed by atoms with Crippen molar-refractivity contribution in [2.24, 2.45) is 0 Å². The number of aliphatic hydroxyl groups excluding tert-OH is 1. The van der Waals surface area contributed by atoms with Gasteiger partial charge in [0.25, 0.3) is 10.1 Å². The molecule has 0 aliphatic carbocycles. The lowest BCUT2D eigenvalue weighted by Gasteiger charge is -2.21. The summed E-state index contributed by atoms with van der Waals surface area (Å²) in [5.74, 6) is -0.358. The maximum Gasteiger partial charge on any atom is 0.264 e. The Morgan fingerprint density at radius 2 is 0.871 bits per heavy atom. The Kier molecular flexibility index (Phi) is 31.8. The van der Waals surface area contributed by atoms with Crippen LogP contribution < -0.4 is 0 Å². The molecule has 0 saturated carbocycles. The summed E-state index contributed by atoms with van der Waals surface area (Å²) in [6.07, 6.45) is 12.1. The molecule has 2 N–H and O–H groups in total. The molecular formula is C24H56N2O4S. The summed E-state index contributed by atoms with van der Waals surface area (Å²) < 4.78 is 27.7. The third-order valence-electron chi connectivity index (χ3n) is 4.66. The van der Waals surface area contributed by atoms with Crippen molar-refractivity contribution in [3.8, 4) is 0 Å². The van der Waals surface area contributed by atoms with E-state index in [2.05, 4.69) is 51.3 Å². The lowest BCUT2D eigenvalue weighted by Crippen LogP contribution is -2.27. The van der Waals surface area contributed by atoms with Crippen LogP contribution in [0.25, 0.3) is 0 Å². The summed E-state index contributed by atoms with van der Waals surface area (Å²) in [6, 6.07) is 0. The largest absolute Gasteiger partial charge is 0.396 e. The summed E-state index contributed by atoms with van der Waals surface area (Å²) in [6.45, 7) is 21.1. The van der Waals surface area contributed by atoms with Crippen molar-refractivity contribution < 1.29 is 18.1 Å². The number of rotatable bonds is 18. The van der Waals surface area contributed by atoms with Crippen LogP contribution in [0, 0.1) is 0 Å². The fraction of sp³-hybridized carbons (Fsp3) is 1.00. The molecule has 0 radical (unpaired) electrons. The van der Waals surface area contributed by atoms with E-state index in [4.69, 9.17) is 9.66 Å². The average Bonchev–Trinajstić information content (AvgIpc) is 2.73. The Morgan fingerprint density at radius 1 is 0.548 bits per heavy atom. The second kappa shape index (κ2) is 27.8. The second-order valence-electron chi connectivity index (χ2n) is 8.11. The van der Waals surface area contributed by atoms with Gasteiger partial charge in [-0.2, -0.15) is 8.42 Å². The highest BCUT2D eigenvalue weighted by atomic mass is 32.2. The zero-order chi connectivity index (χ0) is 24.4. The molecule has 0 amide bonds. The first-order valence-corrected chi connectivity index (χ1v) is 14.4. The Morgan fingerprint density at radius 3 is 1.06 bits per heavy atom. The normalized spacial score (nSPS) is 11.2. The Bertz CT molecular complexity index is 387. The highest BCUT2D eigenvalue weighted by molar-refractivity contribution is 7.85. The first-order valence-electron chi connectivity index (χ1n) is 12.8. The van der Waals surface area contributed by atoms with Crippen molar-refractivity contribution in [3.63, 3.8) is 0 Å². The van der Waals surface area contributed by atoms with E-state index in [9.17, 15) is 8.42 Å². The second-order valence-corrected chi connectivity index (χ2v) is 9.68. The van der Waals surface area contributed by atoms with Gasteiger partial charge in [0.05, 0.1) is 5.75 Å². The van der Waals surface area contributed by atoms with Crippen LogP contribution in [-0.4, -0.2) is 79.5 Å². The van der Waals surface area contributed by atoms with Gasteiger partial charge in [-0.05, 0) is 84.2 Å². The number of unbranched alkanes of at least 4 members (excludes halogenated alkanes) is 3. The monoisotopic (exact) mass is 468 g/mol. The average molecular weight is 469 g/mol. The van der Waals surface area contributed by atoms with Gasteiger partial charge in [-0.3, -0.25) is 4.55 Å². The zero-order valence-corrected chi connectivity index (χ0v) is 22.6. The van der Waals surface area contributed by atoms with Gasteiger partial charge in [-0.1, -0.05) is 60.8 Å². The van der Waals surface area contributed by atoms with Gasteiger partial charge in [-0.25, -0.2) is 0 Å². The van der Waals surface area contributed by atoms with E-state index in [1.54, 1.807) is 0 Å². The van der Waals surface area contributed by atoms with Crippen LogP contribution in [0.2, 0.25) is 0 Å². The van der Waals surface area contributed by atoms with Gasteiger partial charge in [0.2, 0.25) is 0 Å². The number of nitrogens with zero attached hydrogens (tertiary/aromatic N) is 2. The van der Waals surface area contributed by atoms with Crippen molar-refractivity contribution in [1.82, 2.24) is 9.80 Å². The standard InChI is InChI=1S/C12H27N.C9H21N.C3H8O4S/c1-4-7-10-13(11-8-5-2)12-9-6-3;1-4-7-10(8-5-2)9-6-3;4-2-1-3-8(5,6)7/h4-12H2,1-3H3;4-9H2,1-3H3;4H,1-3H2,(H,5,6,7). The van der Waals surface area contributed by atoms with Crippen molar-refractivity contribution in [2.45, 2.75) is 106 Å². The van der Waals surface area contributed by atoms with Crippen molar-refractivity contribution in [2.75, 3.05) is 51.6 Å². The molecule has 0 heterocycles. The van der Waals surface area contributed by atoms with Crippen molar-refractivity contribution in [3.05, 3.63) is 0 Å². The predicted octanol–water partition coefficient (Wildman–Crippen LogP) is 5.46. The molecule has 0 aromatic rings. The molecule has 192 valence electrons. The lowest BCUT2D eigenvalue weighted by molar-refractivity contribution is 0.261.